The Bertz CT molecular complexity index is 603. The van der Waals surface area contributed by atoms with Crippen LogP contribution in [-0.4, -0.2) is 27.0 Å². The maximum atomic E-state index is 4.53. The number of aromatic nitrogens is 4. The number of likely N-dealkylation sites (N-methyl/N-ethyl adjacent to an activating group) is 1. The zero-order valence-electron chi connectivity index (χ0n) is 13.6. The molecule has 21 heavy (non-hydrogen) atoms. The van der Waals surface area contributed by atoms with Gasteiger partial charge in [-0.25, -0.2) is 0 Å². The van der Waals surface area contributed by atoms with Gasteiger partial charge in [0, 0.05) is 25.2 Å². The molecule has 2 heterocycles. The maximum absolute atomic E-state index is 4.53. The fourth-order valence-electron chi connectivity index (χ4n) is 2.62. The van der Waals surface area contributed by atoms with Gasteiger partial charge in [-0.15, -0.1) is 0 Å². The van der Waals surface area contributed by atoms with Crippen LogP contribution in [0.25, 0.3) is 0 Å². The van der Waals surface area contributed by atoms with Crippen LogP contribution in [0.15, 0.2) is 12.1 Å². The lowest BCUT2D eigenvalue weighted by atomic mass is 9.99. The third-order valence-electron chi connectivity index (χ3n) is 3.89. The van der Waals surface area contributed by atoms with E-state index in [1.807, 2.05) is 25.7 Å². The van der Waals surface area contributed by atoms with E-state index in [4.69, 9.17) is 0 Å². The van der Waals surface area contributed by atoms with Crippen molar-refractivity contribution < 1.29 is 0 Å². The fourth-order valence-corrected chi connectivity index (χ4v) is 2.62. The third-order valence-corrected chi connectivity index (χ3v) is 3.89. The predicted octanol–water partition coefficient (Wildman–Crippen LogP) is 2.15. The zero-order chi connectivity index (χ0) is 15.4. The van der Waals surface area contributed by atoms with Gasteiger partial charge in [-0.05, 0) is 44.5 Å². The molecule has 5 heteroatoms. The van der Waals surface area contributed by atoms with Crippen molar-refractivity contribution in [3.05, 3.63) is 40.5 Å². The number of nitrogens with zero attached hydrogens (tertiary/aromatic N) is 4. The van der Waals surface area contributed by atoms with Gasteiger partial charge in [0.25, 0.3) is 0 Å². The highest BCUT2D eigenvalue weighted by Crippen LogP contribution is 2.22. The third kappa shape index (κ3) is 3.47. The Labute approximate surface area is 126 Å². The molecule has 0 saturated carbocycles. The van der Waals surface area contributed by atoms with E-state index in [1.165, 1.54) is 11.3 Å². The van der Waals surface area contributed by atoms with Crippen LogP contribution in [0.3, 0.4) is 0 Å². The van der Waals surface area contributed by atoms with Crippen molar-refractivity contribution in [2.45, 2.75) is 46.1 Å². The summed E-state index contributed by atoms with van der Waals surface area (Å²) in [7, 11) is 4.01. The zero-order valence-corrected chi connectivity index (χ0v) is 13.6. The first-order valence-electron chi connectivity index (χ1n) is 7.61. The summed E-state index contributed by atoms with van der Waals surface area (Å²) >= 11 is 0. The highest BCUT2D eigenvalue weighted by atomic mass is 15.3. The van der Waals surface area contributed by atoms with Crippen molar-refractivity contribution >= 4 is 0 Å². The molecule has 2 aromatic rings. The normalized spacial score (nSPS) is 12.6. The Kier molecular flexibility index (Phi) is 5.07. The molecule has 0 amide bonds. The lowest BCUT2D eigenvalue weighted by molar-refractivity contribution is 0.551. The molecule has 2 rings (SSSR count). The van der Waals surface area contributed by atoms with Crippen LogP contribution in [0.1, 0.15) is 48.2 Å². The molecule has 1 N–H and O–H groups in total. The summed E-state index contributed by atoms with van der Waals surface area (Å²) in [5.41, 5.74) is 5.65. The first kappa shape index (κ1) is 15.6. The molecule has 114 valence electrons. The summed E-state index contributed by atoms with van der Waals surface area (Å²) in [6, 6.07) is 4.57. The van der Waals surface area contributed by atoms with E-state index in [9.17, 15) is 0 Å². The Morgan fingerprint density at radius 2 is 1.95 bits per heavy atom. The largest absolute Gasteiger partial charge is 0.313 e. The number of aryl methyl sites for hydroxylation is 4. The molecule has 0 aliphatic carbocycles. The summed E-state index contributed by atoms with van der Waals surface area (Å²) in [5, 5.41) is 16.5. The standard InChI is InChI=1S/C16H25N5/c1-6-12-9-13(21(5)20-12)10-16(17-4)14-8-11(3)18-19-15(14)7-2/h8-9,16-17H,6-7,10H2,1-5H3. The molecule has 1 atom stereocenters. The van der Waals surface area contributed by atoms with E-state index in [1.54, 1.807) is 0 Å². The molecule has 0 aromatic carbocycles. The maximum Gasteiger partial charge on any atom is 0.0676 e. The highest BCUT2D eigenvalue weighted by Gasteiger charge is 2.17. The summed E-state index contributed by atoms with van der Waals surface area (Å²) in [6.07, 6.45) is 2.76. The second-order valence-corrected chi connectivity index (χ2v) is 5.39. The Morgan fingerprint density at radius 1 is 1.19 bits per heavy atom. The van der Waals surface area contributed by atoms with Gasteiger partial charge in [-0.1, -0.05) is 13.8 Å². The molecule has 0 bridgehead atoms. The van der Waals surface area contributed by atoms with E-state index in [-0.39, 0.29) is 6.04 Å². The van der Waals surface area contributed by atoms with Crippen LogP contribution in [0.2, 0.25) is 0 Å². The van der Waals surface area contributed by atoms with Gasteiger partial charge < -0.3 is 5.32 Å². The SMILES string of the molecule is CCc1cc(CC(NC)c2cc(C)nnc2CC)n(C)n1. The minimum atomic E-state index is 0.231. The number of rotatable bonds is 6. The molecule has 2 aromatic heterocycles. The summed E-state index contributed by atoms with van der Waals surface area (Å²) in [4.78, 5) is 0. The van der Waals surface area contributed by atoms with Gasteiger partial charge in [0.2, 0.25) is 0 Å². The van der Waals surface area contributed by atoms with Gasteiger partial charge in [0.05, 0.1) is 17.1 Å². The first-order valence-corrected chi connectivity index (χ1v) is 7.61. The van der Waals surface area contributed by atoms with Gasteiger partial charge >= 0.3 is 0 Å². The van der Waals surface area contributed by atoms with Crippen molar-refractivity contribution in [1.29, 1.82) is 0 Å². The van der Waals surface area contributed by atoms with Gasteiger partial charge in [0.1, 0.15) is 0 Å². The van der Waals surface area contributed by atoms with Crippen LogP contribution >= 0.6 is 0 Å². The van der Waals surface area contributed by atoms with E-state index in [2.05, 4.69) is 46.6 Å². The first-order chi connectivity index (χ1) is 10.1. The Hall–Kier alpha value is -1.75. The molecule has 0 aliphatic heterocycles. The molecule has 0 radical (unpaired) electrons. The van der Waals surface area contributed by atoms with Gasteiger partial charge in [0.15, 0.2) is 0 Å². The topological polar surface area (TPSA) is 55.6 Å². The lowest BCUT2D eigenvalue weighted by Crippen LogP contribution is -2.22. The minimum absolute atomic E-state index is 0.231. The molecule has 1 unspecified atom stereocenters. The van der Waals surface area contributed by atoms with Crippen molar-refractivity contribution in [1.82, 2.24) is 25.3 Å². The van der Waals surface area contributed by atoms with Crippen LogP contribution in [-0.2, 0) is 26.3 Å². The van der Waals surface area contributed by atoms with Crippen molar-refractivity contribution in [3.63, 3.8) is 0 Å². The highest BCUT2D eigenvalue weighted by molar-refractivity contribution is 5.27. The predicted molar refractivity (Wildman–Crippen MR) is 84.2 cm³/mol. The second-order valence-electron chi connectivity index (χ2n) is 5.39. The molecular formula is C16H25N5. The van der Waals surface area contributed by atoms with Crippen molar-refractivity contribution in [2.75, 3.05) is 7.05 Å². The quantitative estimate of drug-likeness (QED) is 0.884. The van der Waals surface area contributed by atoms with Crippen LogP contribution in [0.5, 0.6) is 0 Å². The second kappa shape index (κ2) is 6.80. The van der Waals surface area contributed by atoms with E-state index in [0.717, 1.165) is 36.3 Å². The summed E-state index contributed by atoms with van der Waals surface area (Å²) < 4.78 is 1.98. The minimum Gasteiger partial charge on any atom is -0.313 e. The van der Waals surface area contributed by atoms with Gasteiger partial charge in [-0.3, -0.25) is 4.68 Å². The van der Waals surface area contributed by atoms with E-state index >= 15 is 0 Å². The summed E-state index contributed by atoms with van der Waals surface area (Å²) in [5.74, 6) is 0. The lowest BCUT2D eigenvalue weighted by Gasteiger charge is -2.19. The van der Waals surface area contributed by atoms with Crippen molar-refractivity contribution in [2.24, 2.45) is 7.05 Å². The Balaban J connectivity index is 2.31. The molecular weight excluding hydrogens is 262 g/mol. The van der Waals surface area contributed by atoms with E-state index in [0.29, 0.717) is 0 Å². The average molecular weight is 287 g/mol. The number of hydrogen-bond acceptors (Lipinski definition) is 4. The van der Waals surface area contributed by atoms with Crippen LogP contribution in [0, 0.1) is 6.92 Å². The van der Waals surface area contributed by atoms with E-state index < -0.39 is 0 Å². The molecule has 0 aliphatic rings. The van der Waals surface area contributed by atoms with Gasteiger partial charge in [-0.2, -0.15) is 15.3 Å². The molecule has 0 fully saturated rings. The van der Waals surface area contributed by atoms with Crippen LogP contribution < -0.4 is 5.32 Å². The number of nitrogens with one attached hydrogen (secondary N) is 1. The smallest absolute Gasteiger partial charge is 0.0676 e. The fraction of sp³-hybridized carbons (Fsp3) is 0.562. The van der Waals surface area contributed by atoms with Crippen LogP contribution in [0.4, 0.5) is 0 Å². The summed E-state index contributed by atoms with van der Waals surface area (Å²) in [6.45, 7) is 6.24. The molecule has 0 saturated heterocycles. The molecule has 0 spiro atoms. The number of hydrogen-bond donors (Lipinski definition) is 1. The monoisotopic (exact) mass is 287 g/mol. The average Bonchev–Trinajstić information content (AvgIpc) is 2.85. The van der Waals surface area contributed by atoms with Crippen molar-refractivity contribution in [3.8, 4) is 0 Å². The Morgan fingerprint density at radius 3 is 2.52 bits per heavy atom. The molecule has 5 nitrogen and oxygen atoms in total.